The number of hydrogen-bond donors (Lipinski definition) is 1. The Labute approximate surface area is 153 Å². The average Bonchev–Trinajstić information content (AvgIpc) is 2.62. The van der Waals surface area contributed by atoms with Crippen LogP contribution >= 0.6 is 11.6 Å². The van der Waals surface area contributed by atoms with Gasteiger partial charge in [0.25, 0.3) is 5.91 Å². The molecule has 1 N–H and O–H groups in total. The summed E-state index contributed by atoms with van der Waals surface area (Å²) in [6.07, 6.45) is 3.73. The van der Waals surface area contributed by atoms with Crippen LogP contribution in [-0.4, -0.2) is 36.0 Å². The second-order valence-corrected chi connectivity index (χ2v) is 6.81. The summed E-state index contributed by atoms with van der Waals surface area (Å²) in [5.74, 6) is 1.34. The van der Waals surface area contributed by atoms with E-state index in [1.54, 1.807) is 37.6 Å². The third kappa shape index (κ3) is 4.23. The SMILES string of the molecule is COc1ccc(Cl)cc1Nc1ccnc(C(=O)N2CCC(C)CC2)c1. The molecule has 3 rings (SSSR count). The van der Waals surface area contributed by atoms with Gasteiger partial charge in [0.15, 0.2) is 0 Å². The largest absolute Gasteiger partial charge is 0.495 e. The molecule has 1 aromatic carbocycles. The first-order chi connectivity index (χ1) is 12.1. The second kappa shape index (κ2) is 7.74. The number of likely N-dealkylation sites (tertiary alicyclic amines) is 1. The normalized spacial score (nSPS) is 15.1. The van der Waals surface area contributed by atoms with Crippen LogP contribution in [0.15, 0.2) is 36.5 Å². The molecule has 0 saturated carbocycles. The quantitative estimate of drug-likeness (QED) is 0.881. The van der Waals surface area contributed by atoms with Gasteiger partial charge in [-0.05, 0) is 49.1 Å². The van der Waals surface area contributed by atoms with Gasteiger partial charge in [-0.2, -0.15) is 0 Å². The van der Waals surface area contributed by atoms with E-state index in [-0.39, 0.29) is 5.91 Å². The molecule has 1 fully saturated rings. The van der Waals surface area contributed by atoms with E-state index in [0.29, 0.717) is 22.4 Å². The summed E-state index contributed by atoms with van der Waals surface area (Å²) in [5.41, 5.74) is 1.95. The zero-order valence-electron chi connectivity index (χ0n) is 14.5. The lowest BCUT2D eigenvalue weighted by Crippen LogP contribution is -2.38. The summed E-state index contributed by atoms with van der Waals surface area (Å²) in [6.45, 7) is 3.81. The number of amides is 1. The van der Waals surface area contributed by atoms with Crippen LogP contribution in [0, 0.1) is 5.92 Å². The molecule has 2 aromatic rings. The number of aromatic nitrogens is 1. The Kier molecular flexibility index (Phi) is 5.43. The van der Waals surface area contributed by atoms with Gasteiger partial charge in [0.1, 0.15) is 11.4 Å². The van der Waals surface area contributed by atoms with Crippen LogP contribution in [-0.2, 0) is 0 Å². The molecule has 0 atom stereocenters. The highest BCUT2D eigenvalue weighted by molar-refractivity contribution is 6.31. The molecule has 0 aliphatic carbocycles. The summed E-state index contributed by atoms with van der Waals surface area (Å²) in [6, 6.07) is 8.93. The minimum absolute atomic E-state index is 0.0198. The number of piperidine rings is 1. The highest BCUT2D eigenvalue weighted by Gasteiger charge is 2.22. The Hall–Kier alpha value is -2.27. The number of carbonyl (C=O) groups excluding carboxylic acids is 1. The summed E-state index contributed by atoms with van der Waals surface area (Å²) in [5, 5.41) is 3.86. The monoisotopic (exact) mass is 359 g/mol. The van der Waals surface area contributed by atoms with Crippen molar-refractivity contribution in [1.29, 1.82) is 0 Å². The Bertz CT molecular complexity index is 758. The lowest BCUT2D eigenvalue weighted by atomic mass is 9.99. The van der Waals surface area contributed by atoms with E-state index in [1.807, 2.05) is 11.0 Å². The Morgan fingerprint density at radius 2 is 2.04 bits per heavy atom. The predicted octanol–water partition coefficient (Wildman–Crippen LogP) is 4.36. The maximum atomic E-state index is 12.7. The summed E-state index contributed by atoms with van der Waals surface area (Å²) in [7, 11) is 1.60. The van der Waals surface area contributed by atoms with Gasteiger partial charge in [0, 0.05) is 30.0 Å². The van der Waals surface area contributed by atoms with Crippen molar-refractivity contribution in [1.82, 2.24) is 9.88 Å². The lowest BCUT2D eigenvalue weighted by molar-refractivity contribution is 0.0691. The van der Waals surface area contributed by atoms with Crippen molar-refractivity contribution >= 4 is 28.9 Å². The molecule has 25 heavy (non-hydrogen) atoms. The first-order valence-corrected chi connectivity index (χ1v) is 8.80. The maximum Gasteiger partial charge on any atom is 0.272 e. The molecule has 1 saturated heterocycles. The number of halogens is 1. The number of ether oxygens (including phenoxy) is 1. The number of hydrogen-bond acceptors (Lipinski definition) is 4. The third-order valence-corrected chi connectivity index (χ3v) is 4.73. The number of carbonyl (C=O) groups is 1. The summed E-state index contributed by atoms with van der Waals surface area (Å²) in [4.78, 5) is 18.8. The average molecular weight is 360 g/mol. The molecule has 132 valence electrons. The number of nitrogens with one attached hydrogen (secondary N) is 1. The molecule has 0 spiro atoms. The van der Waals surface area contributed by atoms with Crippen molar-refractivity contribution < 1.29 is 9.53 Å². The molecular formula is C19H22ClN3O2. The Morgan fingerprint density at radius 3 is 2.76 bits per heavy atom. The van der Waals surface area contributed by atoms with E-state index in [4.69, 9.17) is 16.3 Å². The minimum atomic E-state index is -0.0198. The molecule has 2 heterocycles. The van der Waals surface area contributed by atoms with Gasteiger partial charge in [-0.25, -0.2) is 0 Å². The van der Waals surface area contributed by atoms with Gasteiger partial charge in [0.2, 0.25) is 0 Å². The summed E-state index contributed by atoms with van der Waals surface area (Å²) >= 11 is 6.07. The van der Waals surface area contributed by atoms with Gasteiger partial charge >= 0.3 is 0 Å². The van der Waals surface area contributed by atoms with Crippen LogP contribution in [0.25, 0.3) is 0 Å². The Balaban J connectivity index is 1.78. The van der Waals surface area contributed by atoms with Gasteiger partial charge in [-0.3, -0.25) is 9.78 Å². The highest BCUT2D eigenvalue weighted by atomic mass is 35.5. The van der Waals surface area contributed by atoms with Gasteiger partial charge < -0.3 is 15.0 Å². The standard InChI is InChI=1S/C19H22ClN3O2/c1-13-6-9-23(10-7-13)19(24)17-12-15(5-8-21-17)22-16-11-14(20)3-4-18(16)25-2/h3-5,8,11-13H,6-7,9-10H2,1-2H3,(H,21,22). The smallest absolute Gasteiger partial charge is 0.272 e. The second-order valence-electron chi connectivity index (χ2n) is 6.37. The molecule has 1 aliphatic heterocycles. The van der Waals surface area contributed by atoms with Crippen molar-refractivity contribution in [3.8, 4) is 5.75 Å². The van der Waals surface area contributed by atoms with E-state index in [1.165, 1.54) is 0 Å². The first kappa shape index (κ1) is 17.5. The van der Waals surface area contributed by atoms with Gasteiger partial charge in [-0.15, -0.1) is 0 Å². The number of anilines is 2. The highest BCUT2D eigenvalue weighted by Crippen LogP contribution is 2.30. The number of pyridine rings is 1. The van der Waals surface area contributed by atoms with Crippen molar-refractivity contribution in [3.05, 3.63) is 47.2 Å². The van der Waals surface area contributed by atoms with Crippen molar-refractivity contribution in [2.75, 3.05) is 25.5 Å². The van der Waals surface area contributed by atoms with Crippen molar-refractivity contribution in [2.24, 2.45) is 5.92 Å². The number of nitrogens with zero attached hydrogens (tertiary/aromatic N) is 2. The zero-order valence-corrected chi connectivity index (χ0v) is 15.2. The number of rotatable bonds is 4. The Morgan fingerprint density at radius 1 is 1.28 bits per heavy atom. The third-order valence-electron chi connectivity index (χ3n) is 4.49. The number of benzene rings is 1. The van der Waals surface area contributed by atoms with Crippen LogP contribution in [0.4, 0.5) is 11.4 Å². The molecular weight excluding hydrogens is 338 g/mol. The van der Waals surface area contributed by atoms with Crippen LogP contribution in [0.1, 0.15) is 30.3 Å². The van der Waals surface area contributed by atoms with Gasteiger partial charge in [-0.1, -0.05) is 18.5 Å². The van der Waals surface area contributed by atoms with E-state index in [9.17, 15) is 4.79 Å². The summed E-state index contributed by atoms with van der Waals surface area (Å²) < 4.78 is 5.34. The molecule has 1 aromatic heterocycles. The topological polar surface area (TPSA) is 54.5 Å². The van der Waals surface area contributed by atoms with Gasteiger partial charge in [0.05, 0.1) is 12.8 Å². The molecule has 5 nitrogen and oxygen atoms in total. The van der Waals surface area contributed by atoms with E-state index in [2.05, 4.69) is 17.2 Å². The van der Waals surface area contributed by atoms with Crippen LogP contribution in [0.5, 0.6) is 5.75 Å². The number of methoxy groups -OCH3 is 1. The lowest BCUT2D eigenvalue weighted by Gasteiger charge is -2.30. The van der Waals surface area contributed by atoms with E-state index in [0.717, 1.165) is 37.3 Å². The van der Waals surface area contributed by atoms with Crippen molar-refractivity contribution in [3.63, 3.8) is 0 Å². The van der Waals surface area contributed by atoms with Crippen LogP contribution in [0.2, 0.25) is 5.02 Å². The molecule has 6 heteroatoms. The fourth-order valence-corrected chi connectivity index (χ4v) is 3.10. The van der Waals surface area contributed by atoms with E-state index >= 15 is 0 Å². The molecule has 0 radical (unpaired) electrons. The van der Waals surface area contributed by atoms with Crippen LogP contribution < -0.4 is 10.1 Å². The van der Waals surface area contributed by atoms with Crippen LogP contribution in [0.3, 0.4) is 0 Å². The fraction of sp³-hybridized carbons (Fsp3) is 0.368. The fourth-order valence-electron chi connectivity index (χ4n) is 2.93. The molecule has 1 amide bonds. The first-order valence-electron chi connectivity index (χ1n) is 8.42. The van der Waals surface area contributed by atoms with Crippen molar-refractivity contribution in [2.45, 2.75) is 19.8 Å². The molecule has 0 bridgehead atoms. The molecule has 0 unspecified atom stereocenters. The molecule has 1 aliphatic rings. The van der Waals surface area contributed by atoms with E-state index < -0.39 is 0 Å². The maximum absolute atomic E-state index is 12.7. The predicted molar refractivity (Wildman–Crippen MR) is 99.8 cm³/mol. The minimum Gasteiger partial charge on any atom is -0.495 e. The zero-order chi connectivity index (χ0) is 17.8.